The molecule has 3 aliphatic heterocycles. The number of nitrogens with zero attached hydrogens (tertiary/aromatic N) is 1. The summed E-state index contributed by atoms with van der Waals surface area (Å²) < 4.78 is 33.2. The monoisotopic (exact) mass is 694 g/mol. The van der Waals surface area contributed by atoms with E-state index >= 15 is 0 Å². The summed E-state index contributed by atoms with van der Waals surface area (Å²) in [5.41, 5.74) is 5.11. The second kappa shape index (κ2) is 18.9. The highest BCUT2D eigenvalue weighted by Crippen LogP contribution is 2.48. The molecule has 3 saturated heterocycles. The molecule has 3 nitrogen and oxygen atoms in total. The molecule has 280 valence electrons. The minimum Gasteiger partial charge on any atom is -0.464 e. The number of alkyl halides is 2. The molecule has 3 aliphatic carbocycles. The largest absolute Gasteiger partial charge is 0.464 e. The van der Waals surface area contributed by atoms with Gasteiger partial charge in [-0.25, -0.2) is 0 Å². The highest BCUT2D eigenvalue weighted by atomic mass is 19.3. The number of piperidine rings is 3. The highest BCUT2D eigenvalue weighted by Gasteiger charge is 2.38. The van der Waals surface area contributed by atoms with Gasteiger partial charge < -0.3 is 14.1 Å². The number of aryl methyl sites for hydroxylation is 4. The molecule has 0 radical (unpaired) electrons. The molecule has 2 aromatic carbocycles. The van der Waals surface area contributed by atoms with E-state index in [1.807, 2.05) is 19.1 Å². The Morgan fingerprint density at radius 2 is 1.24 bits per heavy atom. The number of furan rings is 1. The second-order valence-electron chi connectivity index (χ2n) is 17.4. The van der Waals surface area contributed by atoms with E-state index in [2.05, 4.69) is 77.2 Å². The van der Waals surface area contributed by atoms with Crippen molar-refractivity contribution in [1.82, 2.24) is 4.90 Å². The topological polar surface area (TPSA) is 25.6 Å². The fourth-order valence-electron chi connectivity index (χ4n) is 9.48. The molecule has 6 atom stereocenters. The Morgan fingerprint density at radius 3 is 1.70 bits per heavy atom. The van der Waals surface area contributed by atoms with Crippen molar-refractivity contribution in [1.29, 1.82) is 0 Å². The molecule has 2 bridgehead atoms. The molecular formula is C45H69F2NO2. The first-order valence-corrected chi connectivity index (χ1v) is 19.9. The van der Waals surface area contributed by atoms with Gasteiger partial charge >= 0.3 is 6.61 Å². The van der Waals surface area contributed by atoms with Crippen molar-refractivity contribution in [3.8, 4) is 5.75 Å². The first-order chi connectivity index (χ1) is 23.7. The van der Waals surface area contributed by atoms with Gasteiger partial charge in [-0.15, -0.1) is 0 Å². The molecule has 1 aromatic heterocycles. The zero-order chi connectivity index (χ0) is 36.5. The van der Waals surface area contributed by atoms with Gasteiger partial charge in [-0.3, -0.25) is 0 Å². The summed E-state index contributed by atoms with van der Waals surface area (Å²) >= 11 is 0. The lowest BCUT2D eigenvalue weighted by Gasteiger charge is -2.47. The van der Waals surface area contributed by atoms with Crippen molar-refractivity contribution in [2.45, 2.75) is 140 Å². The molecule has 6 unspecified atom stereocenters. The first-order valence-electron chi connectivity index (χ1n) is 19.9. The van der Waals surface area contributed by atoms with Crippen LogP contribution >= 0.6 is 0 Å². The summed E-state index contributed by atoms with van der Waals surface area (Å²) in [5, 5.41) is 1.23. The number of hydrogen-bond donors (Lipinski definition) is 0. The van der Waals surface area contributed by atoms with Gasteiger partial charge in [0.15, 0.2) is 0 Å². The van der Waals surface area contributed by atoms with E-state index in [0.29, 0.717) is 0 Å². The van der Waals surface area contributed by atoms with Crippen LogP contribution in [0.3, 0.4) is 0 Å². The van der Waals surface area contributed by atoms with Crippen molar-refractivity contribution in [3.63, 3.8) is 0 Å². The summed E-state index contributed by atoms with van der Waals surface area (Å²) in [7, 11) is 0. The molecular weight excluding hydrogens is 624 g/mol. The summed E-state index contributed by atoms with van der Waals surface area (Å²) in [4.78, 5) is 2.64. The van der Waals surface area contributed by atoms with Gasteiger partial charge in [0.1, 0.15) is 11.3 Å². The summed E-state index contributed by atoms with van der Waals surface area (Å²) in [6, 6.07) is 12.3. The molecule has 3 saturated carbocycles. The summed E-state index contributed by atoms with van der Waals surface area (Å²) in [5.74, 6) is 8.68. The van der Waals surface area contributed by atoms with Crippen LogP contribution in [0.5, 0.6) is 5.75 Å². The van der Waals surface area contributed by atoms with Gasteiger partial charge in [0.2, 0.25) is 0 Å². The van der Waals surface area contributed by atoms with Gasteiger partial charge in [0.25, 0.3) is 0 Å². The van der Waals surface area contributed by atoms with Gasteiger partial charge in [-0.2, -0.15) is 8.78 Å². The normalized spacial score (nSPS) is 32.1. The Morgan fingerprint density at radius 1 is 0.660 bits per heavy atom. The van der Waals surface area contributed by atoms with E-state index < -0.39 is 6.61 Å². The minimum atomic E-state index is -2.74. The maximum atomic E-state index is 11.8. The van der Waals surface area contributed by atoms with Crippen LogP contribution in [-0.2, 0) is 0 Å². The summed E-state index contributed by atoms with van der Waals surface area (Å²) in [6.45, 7) is 22.0. The van der Waals surface area contributed by atoms with Crippen LogP contribution in [0, 0.1) is 75.0 Å². The van der Waals surface area contributed by atoms with Crippen molar-refractivity contribution in [3.05, 3.63) is 64.9 Å². The van der Waals surface area contributed by atoms with Gasteiger partial charge in [0, 0.05) is 18.0 Å². The molecule has 6 aliphatic rings. The Labute approximate surface area is 303 Å². The Hall–Kier alpha value is -2.40. The highest BCUT2D eigenvalue weighted by molar-refractivity contribution is 5.81. The van der Waals surface area contributed by atoms with E-state index in [0.717, 1.165) is 70.1 Å². The number of hydrogen-bond acceptors (Lipinski definition) is 3. The van der Waals surface area contributed by atoms with Crippen LogP contribution in [-0.4, -0.2) is 30.6 Å². The van der Waals surface area contributed by atoms with Crippen LogP contribution in [0.4, 0.5) is 8.78 Å². The third-order valence-electron chi connectivity index (χ3n) is 12.3. The average molecular weight is 694 g/mol. The lowest BCUT2D eigenvalue weighted by atomic mass is 9.77. The van der Waals surface area contributed by atoms with Gasteiger partial charge in [-0.05, 0) is 168 Å². The lowest BCUT2D eigenvalue weighted by Crippen LogP contribution is -2.51. The number of fused-ring (bicyclic) bond motifs is 5. The molecule has 0 amide bonds. The van der Waals surface area contributed by atoms with E-state index in [-0.39, 0.29) is 5.75 Å². The number of benzene rings is 2. The molecule has 3 aromatic rings. The molecule has 0 N–H and O–H groups in total. The molecule has 6 fully saturated rings. The van der Waals surface area contributed by atoms with Crippen molar-refractivity contribution >= 4 is 11.0 Å². The van der Waals surface area contributed by atoms with Gasteiger partial charge in [0.05, 0.1) is 6.26 Å². The SMILES string of the molecule is CC1CC2CC(C)CC2C1.CC1CCC(C)C1.CC1CN2CCC1CC2C.Cc1ccc(C)c(OC(F)F)c1.Cc1ccc2occ(C)c2c1. The smallest absolute Gasteiger partial charge is 0.387 e. The zero-order valence-corrected chi connectivity index (χ0v) is 33.1. The van der Waals surface area contributed by atoms with E-state index in [1.54, 1.807) is 25.3 Å². The maximum absolute atomic E-state index is 11.8. The Kier molecular flexibility index (Phi) is 15.3. The van der Waals surface area contributed by atoms with E-state index in [9.17, 15) is 8.78 Å². The molecule has 4 heterocycles. The Balaban J connectivity index is 0.000000142. The zero-order valence-electron chi connectivity index (χ0n) is 33.1. The summed E-state index contributed by atoms with van der Waals surface area (Å²) in [6.07, 6.45) is 15.3. The molecule has 50 heavy (non-hydrogen) atoms. The second-order valence-corrected chi connectivity index (χ2v) is 17.4. The quantitative estimate of drug-likeness (QED) is 0.267. The standard InChI is InChI=1S/C10H10O.C10H18.C9H10F2O.C9H17N.C7H14/c1-7-3-4-10-9(5-7)8(2)6-11-10;1-7-3-9-5-8(2)6-10(9)4-7;1-6-3-4-7(2)8(5-6)12-9(10)11;1-7-6-10-4-3-9(7)5-8(10)2;1-6-3-4-7(2)5-6/h3-6H,1-2H3;7-10H,3-6H2,1-2H3;3-5,9H,1-2H3;7-9H,3-6H2,1-2H3;6-7H,3-5H2,1-2H3. The van der Waals surface area contributed by atoms with Crippen LogP contribution in [0.15, 0.2) is 47.1 Å². The molecule has 0 spiro atoms. The average Bonchev–Trinajstić information content (AvgIpc) is 3.80. The minimum absolute atomic E-state index is 0.255. The number of ether oxygens (including phenoxy) is 1. The van der Waals surface area contributed by atoms with E-state index in [1.165, 1.54) is 87.4 Å². The van der Waals surface area contributed by atoms with Crippen molar-refractivity contribution < 1.29 is 17.9 Å². The number of halogens is 2. The van der Waals surface area contributed by atoms with Crippen molar-refractivity contribution in [2.24, 2.45) is 47.3 Å². The van der Waals surface area contributed by atoms with Crippen LogP contribution in [0.2, 0.25) is 0 Å². The van der Waals surface area contributed by atoms with Crippen LogP contribution in [0.1, 0.15) is 122 Å². The van der Waals surface area contributed by atoms with Gasteiger partial charge in [-0.1, -0.05) is 71.2 Å². The first kappa shape index (κ1) is 40.4. The fourth-order valence-corrected chi connectivity index (χ4v) is 9.48. The third-order valence-corrected chi connectivity index (χ3v) is 12.3. The Bertz CT molecular complexity index is 1400. The fraction of sp³-hybridized carbons (Fsp3) is 0.689. The van der Waals surface area contributed by atoms with Crippen molar-refractivity contribution in [2.75, 3.05) is 13.1 Å². The lowest BCUT2D eigenvalue weighted by molar-refractivity contribution is -0.0503. The number of rotatable bonds is 2. The third kappa shape index (κ3) is 12.1. The molecule has 5 heteroatoms. The van der Waals surface area contributed by atoms with E-state index in [4.69, 9.17) is 4.42 Å². The maximum Gasteiger partial charge on any atom is 0.387 e. The van der Waals surface area contributed by atoms with Crippen LogP contribution < -0.4 is 4.74 Å². The van der Waals surface area contributed by atoms with Crippen LogP contribution in [0.25, 0.3) is 11.0 Å². The molecule has 9 rings (SSSR count). The predicted octanol–water partition coefficient (Wildman–Crippen LogP) is 13.2. The predicted molar refractivity (Wildman–Crippen MR) is 207 cm³/mol.